The second kappa shape index (κ2) is 5.73. The lowest BCUT2D eigenvalue weighted by Crippen LogP contribution is -2.36. The number of aryl methyl sites for hydroxylation is 1. The van der Waals surface area contributed by atoms with Crippen molar-refractivity contribution < 1.29 is 8.42 Å². The van der Waals surface area contributed by atoms with Crippen LogP contribution < -0.4 is 10.5 Å². The Kier molecular flexibility index (Phi) is 4.62. The summed E-state index contributed by atoms with van der Waals surface area (Å²) in [5, 5.41) is 0. The van der Waals surface area contributed by atoms with E-state index in [0.717, 1.165) is 28.3 Å². The Hall–Kier alpha value is -0.0800. The highest BCUT2D eigenvalue weighted by Gasteiger charge is 2.31. The van der Waals surface area contributed by atoms with Gasteiger partial charge in [0.2, 0.25) is 10.0 Å². The summed E-state index contributed by atoms with van der Waals surface area (Å²) in [5.41, 5.74) is 5.56. The van der Waals surface area contributed by atoms with Crippen molar-refractivity contribution in [2.45, 2.75) is 42.9 Å². The van der Waals surface area contributed by atoms with Crippen LogP contribution in [0, 0.1) is 6.92 Å². The summed E-state index contributed by atoms with van der Waals surface area (Å²) in [4.78, 5) is 2.08. The lowest BCUT2D eigenvalue weighted by atomic mass is 10.1. The molecule has 2 heterocycles. The van der Waals surface area contributed by atoms with Crippen LogP contribution in [-0.4, -0.2) is 25.5 Å². The first-order valence-electron chi connectivity index (χ1n) is 6.29. The van der Waals surface area contributed by atoms with Crippen LogP contribution >= 0.6 is 23.1 Å². The second-order valence-corrected chi connectivity index (χ2v) is 9.82. The third-order valence-corrected chi connectivity index (χ3v) is 7.62. The van der Waals surface area contributed by atoms with E-state index in [4.69, 9.17) is 5.73 Å². The Balaban J connectivity index is 2.11. The highest BCUT2D eigenvalue weighted by Crippen LogP contribution is 2.37. The maximum atomic E-state index is 12.3. The van der Waals surface area contributed by atoms with Gasteiger partial charge in [0, 0.05) is 27.6 Å². The number of hydrogen-bond donors (Lipinski definition) is 2. The van der Waals surface area contributed by atoms with E-state index < -0.39 is 10.0 Å². The van der Waals surface area contributed by atoms with Crippen molar-refractivity contribution in [2.75, 3.05) is 12.3 Å². The van der Waals surface area contributed by atoms with Crippen molar-refractivity contribution in [3.63, 3.8) is 0 Å². The Bertz CT molecular complexity index is 545. The smallest absolute Gasteiger partial charge is 0.241 e. The predicted octanol–water partition coefficient (Wildman–Crippen LogP) is 2.08. The molecule has 1 atom stereocenters. The van der Waals surface area contributed by atoms with Gasteiger partial charge in [0.05, 0.1) is 4.90 Å². The van der Waals surface area contributed by atoms with Gasteiger partial charge >= 0.3 is 0 Å². The molecule has 1 saturated heterocycles. The summed E-state index contributed by atoms with van der Waals surface area (Å²) >= 11 is 3.30. The molecule has 108 valence electrons. The Morgan fingerprint density at radius 2 is 2.26 bits per heavy atom. The van der Waals surface area contributed by atoms with E-state index in [0.29, 0.717) is 18.0 Å². The zero-order valence-corrected chi connectivity index (χ0v) is 13.7. The Morgan fingerprint density at radius 3 is 2.79 bits per heavy atom. The number of rotatable bonds is 5. The fourth-order valence-corrected chi connectivity index (χ4v) is 6.21. The Morgan fingerprint density at radius 1 is 1.53 bits per heavy atom. The van der Waals surface area contributed by atoms with Gasteiger partial charge in [0.15, 0.2) is 0 Å². The number of thiophene rings is 1. The molecule has 0 aromatic carbocycles. The highest BCUT2D eigenvalue weighted by atomic mass is 32.2. The van der Waals surface area contributed by atoms with Gasteiger partial charge in [0.1, 0.15) is 0 Å². The zero-order valence-electron chi connectivity index (χ0n) is 11.2. The largest absolute Gasteiger partial charge is 0.326 e. The van der Waals surface area contributed by atoms with E-state index in [2.05, 4.69) is 11.6 Å². The lowest BCUT2D eigenvalue weighted by Gasteiger charge is -2.22. The molecule has 1 aromatic heterocycles. The van der Waals surface area contributed by atoms with E-state index in [1.54, 1.807) is 6.07 Å². The molecule has 0 bridgehead atoms. The zero-order chi connectivity index (χ0) is 14.1. The molecule has 1 aromatic rings. The van der Waals surface area contributed by atoms with Gasteiger partial charge in [-0.25, -0.2) is 13.1 Å². The molecule has 7 heteroatoms. The van der Waals surface area contributed by atoms with E-state index >= 15 is 0 Å². The first kappa shape index (κ1) is 15.3. The highest BCUT2D eigenvalue weighted by molar-refractivity contribution is 8.01. The Labute approximate surface area is 123 Å². The number of hydrogen-bond acceptors (Lipinski definition) is 5. The summed E-state index contributed by atoms with van der Waals surface area (Å²) in [6, 6.07) is 1.69. The van der Waals surface area contributed by atoms with Crippen molar-refractivity contribution >= 4 is 33.1 Å². The van der Waals surface area contributed by atoms with Crippen LogP contribution in [0.1, 0.15) is 29.5 Å². The van der Waals surface area contributed by atoms with Crippen molar-refractivity contribution in [1.82, 2.24) is 4.72 Å². The van der Waals surface area contributed by atoms with Gasteiger partial charge in [-0.3, -0.25) is 0 Å². The summed E-state index contributed by atoms with van der Waals surface area (Å²) in [6.07, 6.45) is 2.23. The van der Waals surface area contributed by atoms with Crippen LogP contribution in [0.4, 0.5) is 0 Å². The molecule has 4 nitrogen and oxygen atoms in total. The summed E-state index contributed by atoms with van der Waals surface area (Å²) in [5.74, 6) is 1.12. The summed E-state index contributed by atoms with van der Waals surface area (Å²) in [6.45, 7) is 4.82. The van der Waals surface area contributed by atoms with Crippen LogP contribution in [0.2, 0.25) is 0 Å². The maximum absolute atomic E-state index is 12.3. The van der Waals surface area contributed by atoms with E-state index in [-0.39, 0.29) is 4.75 Å². The monoisotopic (exact) mass is 320 g/mol. The summed E-state index contributed by atoms with van der Waals surface area (Å²) < 4.78 is 27.4. The van der Waals surface area contributed by atoms with Gasteiger partial charge in [-0.05, 0) is 38.5 Å². The van der Waals surface area contributed by atoms with Crippen molar-refractivity contribution in [2.24, 2.45) is 5.73 Å². The van der Waals surface area contributed by atoms with E-state index in [1.165, 1.54) is 11.3 Å². The van der Waals surface area contributed by atoms with Gasteiger partial charge < -0.3 is 5.73 Å². The average Bonchev–Trinajstić information content (AvgIpc) is 2.94. The van der Waals surface area contributed by atoms with E-state index in [1.807, 2.05) is 18.7 Å². The molecule has 0 spiro atoms. The minimum atomic E-state index is -3.41. The molecule has 0 aliphatic carbocycles. The number of nitrogens with one attached hydrogen (secondary N) is 1. The van der Waals surface area contributed by atoms with Crippen molar-refractivity contribution in [3.8, 4) is 0 Å². The first-order valence-corrected chi connectivity index (χ1v) is 9.58. The van der Waals surface area contributed by atoms with Crippen LogP contribution in [0.15, 0.2) is 11.0 Å². The van der Waals surface area contributed by atoms with Crippen LogP contribution in [0.3, 0.4) is 0 Å². The number of nitrogens with two attached hydrogens (primary N) is 1. The molecule has 19 heavy (non-hydrogen) atoms. The fourth-order valence-electron chi connectivity index (χ4n) is 2.19. The van der Waals surface area contributed by atoms with Gasteiger partial charge in [-0.2, -0.15) is 11.8 Å². The molecule has 1 unspecified atom stereocenters. The summed E-state index contributed by atoms with van der Waals surface area (Å²) in [7, 11) is -3.41. The lowest BCUT2D eigenvalue weighted by molar-refractivity contribution is 0.552. The molecule has 1 fully saturated rings. The molecular weight excluding hydrogens is 300 g/mol. The van der Waals surface area contributed by atoms with Gasteiger partial charge in [-0.1, -0.05) is 0 Å². The van der Waals surface area contributed by atoms with Crippen LogP contribution in [0.5, 0.6) is 0 Å². The van der Waals surface area contributed by atoms with Gasteiger partial charge in [0.25, 0.3) is 0 Å². The second-order valence-electron chi connectivity index (χ2n) is 5.06. The fraction of sp³-hybridized carbons (Fsp3) is 0.667. The molecular formula is C12H20N2O2S3. The third kappa shape index (κ3) is 3.52. The van der Waals surface area contributed by atoms with Crippen molar-refractivity contribution in [3.05, 3.63) is 15.8 Å². The molecule has 3 N–H and O–H groups in total. The van der Waals surface area contributed by atoms with E-state index in [9.17, 15) is 8.42 Å². The van der Waals surface area contributed by atoms with Crippen LogP contribution in [0.25, 0.3) is 0 Å². The standard InChI is InChI=1S/C12H20N2O2S3/c1-9-11(6-10(7-13)18-9)19(15,16)14-8-12(2)4-3-5-17-12/h6,14H,3-5,7-8,13H2,1-2H3. The molecule has 1 aliphatic rings. The number of thioether (sulfide) groups is 1. The molecule has 0 radical (unpaired) electrons. The molecule has 0 saturated carbocycles. The van der Waals surface area contributed by atoms with Crippen molar-refractivity contribution in [1.29, 1.82) is 0 Å². The number of sulfonamides is 1. The van der Waals surface area contributed by atoms with Crippen LogP contribution in [-0.2, 0) is 16.6 Å². The first-order chi connectivity index (χ1) is 8.86. The molecule has 0 amide bonds. The average molecular weight is 321 g/mol. The molecule has 1 aliphatic heterocycles. The van der Waals surface area contributed by atoms with Gasteiger partial charge in [-0.15, -0.1) is 11.3 Å². The SMILES string of the molecule is Cc1sc(CN)cc1S(=O)(=O)NCC1(C)CCCS1. The maximum Gasteiger partial charge on any atom is 0.241 e. The topological polar surface area (TPSA) is 72.2 Å². The quantitative estimate of drug-likeness (QED) is 0.871. The third-order valence-electron chi connectivity index (χ3n) is 3.35. The predicted molar refractivity (Wildman–Crippen MR) is 82.2 cm³/mol. The minimum Gasteiger partial charge on any atom is -0.326 e. The normalized spacial score (nSPS) is 23.9. The molecule has 2 rings (SSSR count). The minimum absolute atomic E-state index is 0.0354.